The van der Waals surface area contributed by atoms with Crippen molar-refractivity contribution >= 4 is 60.1 Å². The standard InChI is InChI=1S/C27H30N4O4S.2ClH/c1-26(2,3)35-25(34)31(22-11-9-19(16-29-22)10-12-23(32)33)27(13-14-28-18-27)15-21-17-36-24(30-21)20-7-5-4-6-8-20;;/h4-12,16-17,28H,13-15,18H2,1-3H3,(H,32,33);2*1H/b12-10+;;/t27-;;/m1../s1. The van der Waals surface area contributed by atoms with E-state index in [1.165, 1.54) is 6.08 Å². The van der Waals surface area contributed by atoms with Crippen LogP contribution in [0.4, 0.5) is 10.6 Å². The maximum Gasteiger partial charge on any atom is 0.416 e. The van der Waals surface area contributed by atoms with Gasteiger partial charge < -0.3 is 15.2 Å². The zero-order valence-electron chi connectivity index (χ0n) is 21.4. The van der Waals surface area contributed by atoms with Crippen LogP contribution in [-0.2, 0) is 16.0 Å². The zero-order valence-corrected chi connectivity index (χ0v) is 23.9. The van der Waals surface area contributed by atoms with Gasteiger partial charge in [-0.3, -0.25) is 4.90 Å². The summed E-state index contributed by atoms with van der Waals surface area (Å²) in [5.41, 5.74) is 1.26. The van der Waals surface area contributed by atoms with Gasteiger partial charge in [0.2, 0.25) is 0 Å². The van der Waals surface area contributed by atoms with Gasteiger partial charge in [0, 0.05) is 36.2 Å². The Bertz CT molecular complexity index is 1240. The Balaban J connectivity index is 0.00000253. The van der Waals surface area contributed by atoms with Crippen molar-refractivity contribution in [3.05, 3.63) is 71.4 Å². The second kappa shape index (κ2) is 13.2. The van der Waals surface area contributed by atoms with Gasteiger partial charge in [-0.25, -0.2) is 19.6 Å². The number of benzene rings is 1. The van der Waals surface area contributed by atoms with E-state index in [1.807, 2.05) is 56.5 Å². The molecule has 0 radical (unpaired) electrons. The minimum absolute atomic E-state index is 0. The summed E-state index contributed by atoms with van der Waals surface area (Å²) in [5.74, 6) is -0.595. The van der Waals surface area contributed by atoms with Gasteiger partial charge in [-0.05, 0) is 57.5 Å². The number of nitrogens with one attached hydrogen (secondary N) is 1. The highest BCUT2D eigenvalue weighted by molar-refractivity contribution is 7.13. The molecule has 11 heteroatoms. The van der Waals surface area contributed by atoms with Gasteiger partial charge in [-0.15, -0.1) is 36.2 Å². The molecule has 1 aromatic carbocycles. The molecular formula is C27H32Cl2N4O4S. The maximum absolute atomic E-state index is 13.6. The summed E-state index contributed by atoms with van der Waals surface area (Å²) in [6.07, 6.45) is 4.82. The van der Waals surface area contributed by atoms with Crippen LogP contribution >= 0.6 is 36.2 Å². The first-order valence-electron chi connectivity index (χ1n) is 11.8. The van der Waals surface area contributed by atoms with E-state index in [9.17, 15) is 9.59 Å². The van der Waals surface area contributed by atoms with Crippen LogP contribution in [0, 0.1) is 0 Å². The number of carboxylic acids is 1. The lowest BCUT2D eigenvalue weighted by Crippen LogP contribution is -2.56. The van der Waals surface area contributed by atoms with Crippen molar-refractivity contribution in [1.82, 2.24) is 15.3 Å². The van der Waals surface area contributed by atoms with Gasteiger partial charge in [-0.1, -0.05) is 30.3 Å². The molecule has 8 nitrogen and oxygen atoms in total. The van der Waals surface area contributed by atoms with Gasteiger partial charge in [0.25, 0.3) is 0 Å². The third-order valence-corrected chi connectivity index (χ3v) is 6.71. The summed E-state index contributed by atoms with van der Waals surface area (Å²) in [5, 5.41) is 15.3. The maximum atomic E-state index is 13.6. The number of carbonyl (C=O) groups excluding carboxylic acids is 1. The van der Waals surface area contributed by atoms with E-state index in [2.05, 4.69) is 10.3 Å². The number of anilines is 1. The van der Waals surface area contributed by atoms with Crippen molar-refractivity contribution in [2.45, 2.75) is 44.8 Å². The van der Waals surface area contributed by atoms with Crippen LogP contribution in [0.3, 0.4) is 0 Å². The van der Waals surface area contributed by atoms with Gasteiger partial charge in [-0.2, -0.15) is 0 Å². The number of thiazole rings is 1. The van der Waals surface area contributed by atoms with Gasteiger partial charge in [0.1, 0.15) is 16.4 Å². The average Bonchev–Trinajstić information content (AvgIpc) is 3.49. The molecule has 0 aliphatic carbocycles. The summed E-state index contributed by atoms with van der Waals surface area (Å²) in [4.78, 5) is 35.5. The molecule has 2 N–H and O–H groups in total. The van der Waals surface area contributed by atoms with Gasteiger partial charge >= 0.3 is 12.1 Å². The Morgan fingerprint density at radius 1 is 1.18 bits per heavy atom. The first kappa shape index (κ1) is 31.2. The van der Waals surface area contributed by atoms with Crippen molar-refractivity contribution in [2.24, 2.45) is 0 Å². The molecule has 1 amide bonds. The predicted octanol–water partition coefficient (Wildman–Crippen LogP) is 5.86. The number of hydrogen-bond acceptors (Lipinski definition) is 7. The van der Waals surface area contributed by atoms with Crippen molar-refractivity contribution in [2.75, 3.05) is 18.0 Å². The smallest absolute Gasteiger partial charge is 0.416 e. The number of ether oxygens (including phenoxy) is 1. The number of nitrogens with zero attached hydrogens (tertiary/aromatic N) is 3. The number of aromatic nitrogens is 2. The van der Waals surface area contributed by atoms with Gasteiger partial charge in [0.15, 0.2) is 0 Å². The van der Waals surface area contributed by atoms with E-state index in [0.29, 0.717) is 30.8 Å². The molecule has 3 heterocycles. The highest BCUT2D eigenvalue weighted by Gasteiger charge is 2.46. The topological polar surface area (TPSA) is 105 Å². The molecule has 0 saturated carbocycles. The third-order valence-electron chi connectivity index (χ3n) is 5.77. The van der Waals surface area contributed by atoms with Crippen molar-refractivity contribution < 1.29 is 19.4 Å². The van der Waals surface area contributed by atoms with Crippen molar-refractivity contribution in [1.29, 1.82) is 0 Å². The van der Waals surface area contributed by atoms with Crippen LogP contribution in [0.15, 0.2) is 60.1 Å². The SMILES string of the molecule is CC(C)(C)OC(=O)N(c1ccc(/C=C/C(=O)O)cn1)[C@@]1(Cc2csc(-c3ccccc3)n2)CCNC1.Cl.Cl. The predicted molar refractivity (Wildman–Crippen MR) is 156 cm³/mol. The van der Waals surface area contributed by atoms with Crippen molar-refractivity contribution in [3.8, 4) is 10.6 Å². The summed E-state index contributed by atoms with van der Waals surface area (Å²) in [6, 6.07) is 13.5. The van der Waals surface area contributed by atoms with Crippen LogP contribution in [0.1, 0.15) is 38.4 Å². The third kappa shape index (κ3) is 7.77. The number of pyridine rings is 1. The minimum atomic E-state index is -1.04. The molecule has 1 atom stereocenters. The Hall–Kier alpha value is -2.98. The Morgan fingerprint density at radius 3 is 2.50 bits per heavy atom. The Kier molecular flexibility index (Phi) is 10.8. The fourth-order valence-electron chi connectivity index (χ4n) is 4.22. The number of halogens is 2. The van der Waals surface area contributed by atoms with Crippen LogP contribution in [-0.4, -0.2) is 51.4 Å². The summed E-state index contributed by atoms with van der Waals surface area (Å²) < 4.78 is 5.82. The van der Waals surface area contributed by atoms with Crippen LogP contribution in [0.25, 0.3) is 16.6 Å². The lowest BCUT2D eigenvalue weighted by Gasteiger charge is -2.40. The average molecular weight is 580 g/mol. The molecule has 0 bridgehead atoms. The quantitative estimate of drug-likeness (QED) is 0.338. The van der Waals surface area contributed by atoms with E-state index in [1.54, 1.807) is 34.6 Å². The van der Waals surface area contributed by atoms with E-state index < -0.39 is 23.2 Å². The van der Waals surface area contributed by atoms with E-state index >= 15 is 0 Å². The molecule has 0 unspecified atom stereocenters. The number of aliphatic carboxylic acids is 1. The monoisotopic (exact) mass is 578 g/mol. The number of rotatable bonds is 7. The normalized spacial score (nSPS) is 16.9. The summed E-state index contributed by atoms with van der Waals surface area (Å²) in [6.45, 7) is 6.81. The van der Waals surface area contributed by atoms with Crippen molar-refractivity contribution in [3.63, 3.8) is 0 Å². The minimum Gasteiger partial charge on any atom is -0.478 e. The number of carbonyl (C=O) groups is 2. The molecule has 2 aromatic heterocycles. The van der Waals surface area contributed by atoms with Crippen LogP contribution < -0.4 is 10.2 Å². The second-order valence-corrected chi connectivity index (χ2v) is 10.6. The Labute approximate surface area is 239 Å². The largest absolute Gasteiger partial charge is 0.478 e. The first-order valence-corrected chi connectivity index (χ1v) is 12.6. The van der Waals surface area contributed by atoms with Gasteiger partial charge in [0.05, 0.1) is 11.2 Å². The number of amides is 1. The second-order valence-electron chi connectivity index (χ2n) is 9.77. The molecule has 38 heavy (non-hydrogen) atoms. The van der Waals surface area contributed by atoms with E-state index in [-0.39, 0.29) is 24.8 Å². The lowest BCUT2D eigenvalue weighted by atomic mass is 9.90. The fourth-order valence-corrected chi connectivity index (χ4v) is 5.05. The van der Waals surface area contributed by atoms with Crippen LogP contribution in [0.5, 0.6) is 0 Å². The molecule has 0 spiro atoms. The summed E-state index contributed by atoms with van der Waals surface area (Å²) >= 11 is 1.58. The zero-order chi connectivity index (χ0) is 25.8. The van der Waals surface area contributed by atoms with E-state index in [0.717, 1.165) is 28.9 Å². The number of hydrogen-bond donors (Lipinski definition) is 2. The molecule has 3 aromatic rings. The molecule has 1 aliphatic heterocycles. The summed E-state index contributed by atoms with van der Waals surface area (Å²) in [7, 11) is 0. The molecule has 1 fully saturated rings. The molecule has 1 aliphatic rings. The van der Waals surface area contributed by atoms with Crippen LogP contribution in [0.2, 0.25) is 0 Å². The highest BCUT2D eigenvalue weighted by atomic mass is 35.5. The molecule has 204 valence electrons. The lowest BCUT2D eigenvalue weighted by molar-refractivity contribution is -0.131. The number of carboxylic acid groups (broad SMARTS) is 1. The Morgan fingerprint density at radius 2 is 1.92 bits per heavy atom. The molecule has 1 saturated heterocycles. The first-order chi connectivity index (χ1) is 17.2. The fraction of sp³-hybridized carbons (Fsp3) is 0.333. The van der Waals surface area contributed by atoms with E-state index in [4.69, 9.17) is 14.8 Å². The molecular weight excluding hydrogens is 547 g/mol. The highest BCUT2D eigenvalue weighted by Crippen LogP contribution is 2.35. The molecule has 4 rings (SSSR count).